The van der Waals surface area contributed by atoms with Crippen molar-refractivity contribution in [2.24, 2.45) is 10.8 Å². The summed E-state index contributed by atoms with van der Waals surface area (Å²) in [5, 5.41) is 3.30. The van der Waals surface area contributed by atoms with Gasteiger partial charge in [0.05, 0.1) is 19.8 Å². The molecule has 0 unspecified atom stereocenters. The summed E-state index contributed by atoms with van der Waals surface area (Å²) in [6, 6.07) is 10.3. The lowest BCUT2D eigenvalue weighted by Gasteiger charge is -2.51. The molecular formula is C24H32N4O2. The van der Waals surface area contributed by atoms with Crippen LogP contribution in [0.15, 0.2) is 36.5 Å². The second kappa shape index (κ2) is 8.06. The Morgan fingerprint density at radius 1 is 1.00 bits per heavy atom. The standard InChI is InChI=1S/C24H32N4O2/c1-23-7-10-24(11-8-23,12-9-23)18-30-21-6-13-25-22(27-21)26-19-2-4-20(5-3-19)28-14-16-29-17-15-28/h2-6,13H,7-12,14-18H2,1H3,(H,25,26,27). The summed E-state index contributed by atoms with van der Waals surface area (Å²) in [7, 11) is 0. The van der Waals surface area contributed by atoms with Crippen LogP contribution < -0.4 is 15.0 Å². The normalized spacial score (nSPS) is 28.4. The lowest BCUT2D eigenvalue weighted by molar-refractivity contribution is -0.0273. The molecule has 2 bridgehead atoms. The summed E-state index contributed by atoms with van der Waals surface area (Å²) in [5.41, 5.74) is 3.13. The number of rotatable bonds is 6. The van der Waals surface area contributed by atoms with Crippen molar-refractivity contribution in [3.05, 3.63) is 36.5 Å². The summed E-state index contributed by atoms with van der Waals surface area (Å²) in [6.07, 6.45) is 9.65. The molecule has 6 nitrogen and oxygen atoms in total. The van der Waals surface area contributed by atoms with Crippen LogP contribution in [0.2, 0.25) is 0 Å². The average molecular weight is 409 g/mol. The highest BCUT2D eigenvalue weighted by molar-refractivity contribution is 5.59. The van der Waals surface area contributed by atoms with Gasteiger partial charge in [-0.15, -0.1) is 0 Å². The molecule has 6 rings (SSSR count). The van der Waals surface area contributed by atoms with Gasteiger partial charge in [0.1, 0.15) is 0 Å². The highest BCUT2D eigenvalue weighted by atomic mass is 16.5. The van der Waals surface area contributed by atoms with Crippen LogP contribution in [0.3, 0.4) is 0 Å². The lowest BCUT2D eigenvalue weighted by atomic mass is 9.55. The number of hydrogen-bond acceptors (Lipinski definition) is 6. The van der Waals surface area contributed by atoms with Gasteiger partial charge in [-0.1, -0.05) is 6.92 Å². The lowest BCUT2D eigenvalue weighted by Crippen LogP contribution is -2.43. The third-order valence-corrected chi connectivity index (χ3v) is 7.43. The van der Waals surface area contributed by atoms with Gasteiger partial charge >= 0.3 is 0 Å². The molecule has 1 saturated heterocycles. The molecule has 4 aliphatic rings. The highest BCUT2D eigenvalue weighted by Gasteiger charge is 2.46. The van der Waals surface area contributed by atoms with Crippen LogP contribution in [0.25, 0.3) is 0 Å². The second-order valence-corrected chi connectivity index (χ2v) is 9.59. The molecule has 4 fully saturated rings. The van der Waals surface area contributed by atoms with Crippen LogP contribution in [0.1, 0.15) is 45.4 Å². The van der Waals surface area contributed by atoms with Crippen LogP contribution in [0.4, 0.5) is 17.3 Å². The topological polar surface area (TPSA) is 59.5 Å². The molecule has 1 N–H and O–H groups in total. The van der Waals surface area contributed by atoms with E-state index in [2.05, 4.69) is 51.4 Å². The maximum atomic E-state index is 6.16. The Kier molecular flexibility index (Phi) is 5.27. The first-order valence-corrected chi connectivity index (χ1v) is 11.3. The van der Waals surface area contributed by atoms with Gasteiger partial charge in [-0.25, -0.2) is 4.98 Å². The van der Waals surface area contributed by atoms with Gasteiger partial charge in [0.15, 0.2) is 0 Å². The fourth-order valence-corrected chi connectivity index (χ4v) is 5.08. The van der Waals surface area contributed by atoms with Crippen LogP contribution in [-0.2, 0) is 4.74 Å². The zero-order valence-electron chi connectivity index (χ0n) is 17.9. The largest absolute Gasteiger partial charge is 0.477 e. The number of morpholine rings is 1. The van der Waals surface area contributed by atoms with Crippen LogP contribution in [-0.4, -0.2) is 42.9 Å². The van der Waals surface area contributed by atoms with E-state index in [1.165, 1.54) is 44.2 Å². The molecule has 3 saturated carbocycles. The molecule has 2 aromatic rings. The molecule has 0 atom stereocenters. The predicted octanol–water partition coefficient (Wildman–Crippen LogP) is 4.80. The van der Waals surface area contributed by atoms with E-state index in [1.54, 1.807) is 6.20 Å². The molecule has 1 aromatic carbocycles. The average Bonchev–Trinajstić information content (AvgIpc) is 2.80. The minimum atomic E-state index is 0.353. The number of anilines is 3. The zero-order chi connectivity index (χ0) is 20.4. The third-order valence-electron chi connectivity index (χ3n) is 7.43. The Morgan fingerprint density at radius 3 is 2.40 bits per heavy atom. The van der Waals surface area contributed by atoms with Crippen molar-refractivity contribution in [2.75, 3.05) is 43.1 Å². The van der Waals surface area contributed by atoms with Crippen LogP contribution in [0.5, 0.6) is 5.88 Å². The van der Waals surface area contributed by atoms with Crippen LogP contribution in [0, 0.1) is 10.8 Å². The zero-order valence-corrected chi connectivity index (χ0v) is 17.9. The Bertz CT molecular complexity index is 839. The SMILES string of the molecule is CC12CCC(COc3ccnc(Nc4ccc(N5CCOCC5)cc4)n3)(CC1)CC2. The molecule has 0 spiro atoms. The minimum Gasteiger partial charge on any atom is -0.477 e. The van der Waals surface area contributed by atoms with E-state index in [0.717, 1.165) is 38.6 Å². The number of nitrogens with zero attached hydrogens (tertiary/aromatic N) is 3. The van der Waals surface area contributed by atoms with Gasteiger partial charge < -0.3 is 19.7 Å². The number of benzene rings is 1. The van der Waals surface area contributed by atoms with Gasteiger partial charge in [0.25, 0.3) is 0 Å². The fourth-order valence-electron chi connectivity index (χ4n) is 5.08. The van der Waals surface area contributed by atoms with Gasteiger partial charge in [0, 0.05) is 42.1 Å². The number of fused-ring (bicyclic) bond motifs is 3. The van der Waals surface area contributed by atoms with E-state index < -0.39 is 0 Å². The van der Waals surface area contributed by atoms with Crippen molar-refractivity contribution in [1.29, 1.82) is 0 Å². The van der Waals surface area contributed by atoms with Crippen molar-refractivity contribution >= 4 is 17.3 Å². The van der Waals surface area contributed by atoms with E-state index in [4.69, 9.17) is 9.47 Å². The highest BCUT2D eigenvalue weighted by Crippen LogP contribution is 2.56. The molecule has 160 valence electrons. The predicted molar refractivity (Wildman–Crippen MR) is 119 cm³/mol. The van der Waals surface area contributed by atoms with Crippen molar-refractivity contribution in [3.8, 4) is 5.88 Å². The maximum absolute atomic E-state index is 6.16. The summed E-state index contributed by atoms with van der Waals surface area (Å²) < 4.78 is 11.6. The molecule has 6 heteroatoms. The number of aromatic nitrogens is 2. The van der Waals surface area contributed by atoms with E-state index in [0.29, 0.717) is 22.7 Å². The quantitative estimate of drug-likeness (QED) is 0.741. The monoisotopic (exact) mass is 408 g/mol. The van der Waals surface area contributed by atoms with Crippen LogP contribution >= 0.6 is 0 Å². The van der Waals surface area contributed by atoms with Crippen molar-refractivity contribution < 1.29 is 9.47 Å². The number of nitrogens with one attached hydrogen (secondary N) is 1. The Morgan fingerprint density at radius 2 is 1.70 bits per heavy atom. The van der Waals surface area contributed by atoms with Crippen molar-refractivity contribution in [1.82, 2.24) is 9.97 Å². The number of hydrogen-bond donors (Lipinski definition) is 1. The third kappa shape index (κ3) is 4.24. The maximum Gasteiger partial charge on any atom is 0.230 e. The molecule has 0 radical (unpaired) electrons. The van der Waals surface area contributed by atoms with E-state index in [1.807, 2.05) is 6.07 Å². The summed E-state index contributed by atoms with van der Waals surface area (Å²) in [5.74, 6) is 1.23. The molecule has 30 heavy (non-hydrogen) atoms. The Hall–Kier alpha value is -2.34. The van der Waals surface area contributed by atoms with Crippen molar-refractivity contribution in [3.63, 3.8) is 0 Å². The first-order chi connectivity index (χ1) is 14.6. The van der Waals surface area contributed by atoms with Gasteiger partial charge in [-0.05, 0) is 68.2 Å². The molecule has 1 aromatic heterocycles. The van der Waals surface area contributed by atoms with E-state index in [9.17, 15) is 0 Å². The molecular weight excluding hydrogens is 376 g/mol. The Balaban J connectivity index is 1.19. The molecule has 3 aliphatic carbocycles. The summed E-state index contributed by atoms with van der Waals surface area (Å²) in [4.78, 5) is 11.3. The second-order valence-electron chi connectivity index (χ2n) is 9.59. The fraction of sp³-hybridized carbons (Fsp3) is 0.583. The number of ether oxygens (including phenoxy) is 2. The smallest absolute Gasteiger partial charge is 0.230 e. The molecule has 0 amide bonds. The minimum absolute atomic E-state index is 0.353. The molecule has 1 aliphatic heterocycles. The van der Waals surface area contributed by atoms with Crippen molar-refractivity contribution in [2.45, 2.75) is 45.4 Å². The first kappa shape index (κ1) is 19.6. The molecule has 2 heterocycles. The summed E-state index contributed by atoms with van der Waals surface area (Å²) >= 11 is 0. The van der Waals surface area contributed by atoms with Gasteiger partial charge in [-0.2, -0.15) is 4.98 Å². The first-order valence-electron chi connectivity index (χ1n) is 11.3. The Labute approximate surface area is 179 Å². The van der Waals surface area contributed by atoms with E-state index >= 15 is 0 Å². The van der Waals surface area contributed by atoms with Gasteiger partial charge in [0.2, 0.25) is 11.8 Å². The summed E-state index contributed by atoms with van der Waals surface area (Å²) in [6.45, 7) is 6.69. The van der Waals surface area contributed by atoms with E-state index in [-0.39, 0.29) is 0 Å². The van der Waals surface area contributed by atoms with Gasteiger partial charge in [-0.3, -0.25) is 0 Å².